The van der Waals surface area contributed by atoms with Crippen LogP contribution >= 0.6 is 0 Å². The average Bonchev–Trinajstić information content (AvgIpc) is 2.34. The lowest BCUT2D eigenvalue weighted by Crippen LogP contribution is -2.34. The molecule has 0 spiro atoms. The van der Waals surface area contributed by atoms with E-state index in [0.717, 1.165) is 0 Å². The Hall–Kier alpha value is -2.15. The number of nitro benzene ring substituents is 1. The Balaban J connectivity index is 2.80. The molecule has 0 saturated heterocycles. The first-order valence-corrected chi connectivity index (χ1v) is 5.83. The van der Waals surface area contributed by atoms with Gasteiger partial charge in [-0.2, -0.15) is 0 Å². The lowest BCUT2D eigenvalue weighted by Gasteiger charge is -2.10. The van der Waals surface area contributed by atoms with Gasteiger partial charge in [0.1, 0.15) is 0 Å². The van der Waals surface area contributed by atoms with E-state index in [2.05, 4.69) is 5.32 Å². The van der Waals surface area contributed by atoms with E-state index in [0.29, 0.717) is 5.56 Å². The first-order valence-electron chi connectivity index (χ1n) is 5.83. The molecular weight excluding hydrogens is 250 g/mol. The molecule has 0 fully saturated rings. The van der Waals surface area contributed by atoms with Crippen molar-refractivity contribution in [3.63, 3.8) is 0 Å². The zero-order chi connectivity index (χ0) is 14.4. The van der Waals surface area contributed by atoms with Crippen molar-refractivity contribution in [3.8, 4) is 5.75 Å². The maximum Gasteiger partial charge on any atom is 0.310 e. The van der Waals surface area contributed by atoms with Crippen molar-refractivity contribution in [2.75, 3.05) is 6.61 Å². The van der Waals surface area contributed by atoms with Crippen LogP contribution in [0.1, 0.15) is 19.4 Å². The predicted octanol–water partition coefficient (Wildman–Crippen LogP) is 0.957. The minimum Gasteiger partial charge on any atom is -0.477 e. The fourth-order valence-corrected chi connectivity index (χ4v) is 1.46. The molecule has 104 valence electrons. The largest absolute Gasteiger partial charge is 0.477 e. The molecule has 0 heterocycles. The quantitative estimate of drug-likeness (QED) is 0.589. The summed E-state index contributed by atoms with van der Waals surface area (Å²) in [5.74, 6) is -0.283. The number of carbonyl (C=O) groups excluding carboxylic acids is 1. The second-order valence-corrected chi connectivity index (χ2v) is 4.27. The van der Waals surface area contributed by atoms with Gasteiger partial charge in [-0.3, -0.25) is 14.9 Å². The summed E-state index contributed by atoms with van der Waals surface area (Å²) in [5, 5.41) is 13.5. The van der Waals surface area contributed by atoms with Crippen molar-refractivity contribution in [1.82, 2.24) is 5.32 Å². The van der Waals surface area contributed by atoms with Crippen molar-refractivity contribution >= 4 is 11.6 Å². The molecule has 0 aliphatic heterocycles. The summed E-state index contributed by atoms with van der Waals surface area (Å²) < 4.78 is 5.19. The van der Waals surface area contributed by atoms with Gasteiger partial charge >= 0.3 is 5.69 Å². The summed E-state index contributed by atoms with van der Waals surface area (Å²) in [6, 6.07) is 4.33. The highest BCUT2D eigenvalue weighted by atomic mass is 16.6. The minimum atomic E-state index is -0.560. The summed E-state index contributed by atoms with van der Waals surface area (Å²) in [6.07, 6.45) is 0. The van der Waals surface area contributed by atoms with Gasteiger partial charge in [-0.05, 0) is 25.5 Å². The second-order valence-electron chi connectivity index (χ2n) is 4.27. The smallest absolute Gasteiger partial charge is 0.310 e. The maximum absolute atomic E-state index is 11.4. The van der Waals surface area contributed by atoms with E-state index in [1.807, 2.05) is 13.8 Å². The Morgan fingerprint density at radius 2 is 2.21 bits per heavy atom. The van der Waals surface area contributed by atoms with Gasteiger partial charge in [0.15, 0.2) is 12.4 Å². The Bertz CT molecular complexity index is 474. The third-order valence-corrected chi connectivity index (χ3v) is 2.27. The van der Waals surface area contributed by atoms with Gasteiger partial charge in [0.05, 0.1) is 4.92 Å². The lowest BCUT2D eigenvalue weighted by atomic mass is 10.2. The molecule has 1 rings (SSSR count). The molecule has 0 aromatic heterocycles. The van der Waals surface area contributed by atoms with Gasteiger partial charge in [-0.15, -0.1) is 0 Å². The number of nitrogens with one attached hydrogen (secondary N) is 1. The van der Waals surface area contributed by atoms with Crippen molar-refractivity contribution in [2.24, 2.45) is 5.73 Å². The fraction of sp³-hybridized carbons (Fsp3) is 0.417. The highest BCUT2D eigenvalue weighted by Crippen LogP contribution is 2.27. The number of hydrogen-bond acceptors (Lipinski definition) is 5. The van der Waals surface area contributed by atoms with Crippen LogP contribution in [0, 0.1) is 10.1 Å². The minimum absolute atomic E-state index is 0.0125. The number of nitro groups is 1. The van der Waals surface area contributed by atoms with Gasteiger partial charge in [0.25, 0.3) is 5.91 Å². The van der Waals surface area contributed by atoms with Crippen molar-refractivity contribution < 1.29 is 14.5 Å². The third-order valence-electron chi connectivity index (χ3n) is 2.27. The second kappa shape index (κ2) is 6.69. The summed E-state index contributed by atoms with van der Waals surface area (Å²) in [4.78, 5) is 21.7. The number of amides is 1. The molecule has 7 heteroatoms. The average molecular weight is 267 g/mol. The number of carbonyl (C=O) groups is 1. The van der Waals surface area contributed by atoms with Gasteiger partial charge in [-0.1, -0.05) is 6.07 Å². The van der Waals surface area contributed by atoms with Crippen LogP contribution in [0.5, 0.6) is 5.75 Å². The van der Waals surface area contributed by atoms with Crippen LogP contribution in [0.3, 0.4) is 0 Å². The number of rotatable bonds is 6. The monoisotopic (exact) mass is 267 g/mol. The topological polar surface area (TPSA) is 107 Å². The molecule has 0 aliphatic carbocycles. The van der Waals surface area contributed by atoms with Gasteiger partial charge in [0.2, 0.25) is 0 Å². The number of ether oxygens (including phenoxy) is 1. The molecule has 1 amide bonds. The molecule has 7 nitrogen and oxygen atoms in total. The maximum atomic E-state index is 11.4. The third kappa shape index (κ3) is 4.55. The van der Waals surface area contributed by atoms with E-state index in [9.17, 15) is 14.9 Å². The van der Waals surface area contributed by atoms with Crippen LogP contribution in [0.4, 0.5) is 5.69 Å². The standard InChI is InChI=1S/C12H17N3O4/c1-8(2)14-12(16)7-19-11-5-9(6-13)3-4-10(11)15(17)18/h3-5,8H,6-7,13H2,1-2H3,(H,14,16). The molecule has 0 bridgehead atoms. The van der Waals surface area contributed by atoms with E-state index < -0.39 is 4.92 Å². The van der Waals surface area contributed by atoms with E-state index in [4.69, 9.17) is 10.5 Å². The molecule has 1 aromatic carbocycles. The highest BCUT2D eigenvalue weighted by Gasteiger charge is 2.16. The molecule has 3 N–H and O–H groups in total. The molecule has 0 aliphatic rings. The van der Waals surface area contributed by atoms with E-state index >= 15 is 0 Å². The Kier molecular flexibility index (Phi) is 5.25. The lowest BCUT2D eigenvalue weighted by molar-refractivity contribution is -0.385. The van der Waals surface area contributed by atoms with Crippen LogP contribution < -0.4 is 15.8 Å². The van der Waals surface area contributed by atoms with Crippen LogP contribution in [0.2, 0.25) is 0 Å². The van der Waals surface area contributed by atoms with Gasteiger partial charge < -0.3 is 15.8 Å². The molecule has 19 heavy (non-hydrogen) atoms. The molecule has 1 aromatic rings. The predicted molar refractivity (Wildman–Crippen MR) is 69.8 cm³/mol. The first-order chi connectivity index (χ1) is 8.93. The van der Waals surface area contributed by atoms with E-state index in [1.54, 1.807) is 6.07 Å². The zero-order valence-electron chi connectivity index (χ0n) is 10.9. The van der Waals surface area contributed by atoms with Gasteiger partial charge in [0, 0.05) is 18.7 Å². The molecule has 0 atom stereocenters. The number of hydrogen-bond donors (Lipinski definition) is 2. The van der Waals surface area contributed by atoms with Crippen molar-refractivity contribution in [3.05, 3.63) is 33.9 Å². The SMILES string of the molecule is CC(C)NC(=O)COc1cc(CN)ccc1[N+](=O)[O-]. The van der Waals surface area contributed by atoms with Gasteiger partial charge in [-0.25, -0.2) is 0 Å². The van der Waals surface area contributed by atoms with E-state index in [-0.39, 0.29) is 36.5 Å². The molecular formula is C12H17N3O4. The van der Waals surface area contributed by atoms with Crippen molar-refractivity contribution in [2.45, 2.75) is 26.4 Å². The fourth-order valence-electron chi connectivity index (χ4n) is 1.46. The van der Waals surface area contributed by atoms with Crippen LogP contribution in [0.25, 0.3) is 0 Å². The van der Waals surface area contributed by atoms with Crippen LogP contribution in [-0.2, 0) is 11.3 Å². The number of benzene rings is 1. The summed E-state index contributed by atoms with van der Waals surface area (Å²) in [5.41, 5.74) is 5.98. The Labute approximate surface area is 110 Å². The summed E-state index contributed by atoms with van der Waals surface area (Å²) >= 11 is 0. The Morgan fingerprint density at radius 3 is 2.74 bits per heavy atom. The van der Waals surface area contributed by atoms with E-state index in [1.165, 1.54) is 12.1 Å². The van der Waals surface area contributed by atoms with Crippen LogP contribution in [-0.4, -0.2) is 23.5 Å². The van der Waals surface area contributed by atoms with Crippen LogP contribution in [0.15, 0.2) is 18.2 Å². The zero-order valence-corrected chi connectivity index (χ0v) is 10.9. The number of nitrogens with zero attached hydrogens (tertiary/aromatic N) is 1. The first kappa shape index (κ1) is 14.9. The molecule has 0 radical (unpaired) electrons. The summed E-state index contributed by atoms with van der Waals surface area (Å²) in [7, 11) is 0. The highest BCUT2D eigenvalue weighted by molar-refractivity contribution is 5.77. The molecule has 0 saturated carbocycles. The Morgan fingerprint density at radius 1 is 1.53 bits per heavy atom. The molecule has 0 unspecified atom stereocenters. The number of nitrogens with two attached hydrogens (primary N) is 1. The van der Waals surface area contributed by atoms with Crippen molar-refractivity contribution in [1.29, 1.82) is 0 Å². The summed E-state index contributed by atoms with van der Waals surface area (Å²) in [6.45, 7) is 3.60. The normalized spacial score (nSPS) is 10.3.